The Hall–Kier alpha value is -1.58. The number of amides is 1. The molecular formula is C12H19N3O. The minimum Gasteiger partial charge on any atom is -0.373 e. The molecule has 0 bridgehead atoms. The number of carbonyl (C=O) groups excluding carboxylic acids is 1. The van der Waals surface area contributed by atoms with Gasteiger partial charge in [0.25, 0.3) is 5.91 Å². The summed E-state index contributed by atoms with van der Waals surface area (Å²) in [5, 5.41) is 5.58. The summed E-state index contributed by atoms with van der Waals surface area (Å²) >= 11 is 0. The van der Waals surface area contributed by atoms with Gasteiger partial charge in [-0.05, 0) is 12.1 Å². The molecule has 16 heavy (non-hydrogen) atoms. The molecule has 1 heterocycles. The molecule has 2 N–H and O–H groups in total. The molecule has 1 aromatic heterocycles. The highest BCUT2D eigenvalue weighted by molar-refractivity contribution is 5.94. The Morgan fingerprint density at radius 3 is 2.31 bits per heavy atom. The minimum atomic E-state index is -0.0931. The Morgan fingerprint density at radius 2 is 1.88 bits per heavy atom. The van der Waals surface area contributed by atoms with Crippen LogP contribution < -0.4 is 10.6 Å². The van der Waals surface area contributed by atoms with E-state index < -0.39 is 0 Å². The van der Waals surface area contributed by atoms with Crippen LogP contribution in [0.3, 0.4) is 0 Å². The van der Waals surface area contributed by atoms with Crippen molar-refractivity contribution in [3.8, 4) is 0 Å². The molecule has 0 saturated heterocycles. The monoisotopic (exact) mass is 221 g/mol. The lowest BCUT2D eigenvalue weighted by molar-refractivity contribution is 0.0963. The van der Waals surface area contributed by atoms with Crippen LogP contribution >= 0.6 is 0 Å². The van der Waals surface area contributed by atoms with E-state index in [0.717, 1.165) is 5.69 Å². The quantitative estimate of drug-likeness (QED) is 0.800. The van der Waals surface area contributed by atoms with Crippen molar-refractivity contribution in [2.75, 3.05) is 19.4 Å². The molecule has 4 nitrogen and oxygen atoms in total. The van der Waals surface area contributed by atoms with Crippen LogP contribution in [0.15, 0.2) is 12.1 Å². The van der Waals surface area contributed by atoms with Crippen molar-refractivity contribution >= 4 is 11.7 Å². The van der Waals surface area contributed by atoms with Crippen molar-refractivity contribution in [1.82, 2.24) is 10.3 Å². The van der Waals surface area contributed by atoms with Crippen LogP contribution in [0.2, 0.25) is 0 Å². The molecule has 4 heteroatoms. The summed E-state index contributed by atoms with van der Waals surface area (Å²) in [5.41, 5.74) is 1.46. The molecule has 0 atom stereocenters. The van der Waals surface area contributed by atoms with Gasteiger partial charge >= 0.3 is 0 Å². The van der Waals surface area contributed by atoms with E-state index in [0.29, 0.717) is 11.4 Å². The van der Waals surface area contributed by atoms with Crippen LogP contribution in [0.5, 0.6) is 0 Å². The van der Waals surface area contributed by atoms with Gasteiger partial charge in [-0.15, -0.1) is 0 Å². The maximum Gasteiger partial charge on any atom is 0.251 e. The van der Waals surface area contributed by atoms with Crippen molar-refractivity contribution in [3.05, 3.63) is 23.4 Å². The molecule has 0 spiro atoms. The maximum absolute atomic E-state index is 11.6. The van der Waals surface area contributed by atoms with Gasteiger partial charge in [0.15, 0.2) is 0 Å². The van der Waals surface area contributed by atoms with E-state index in [4.69, 9.17) is 0 Å². The SMILES string of the molecule is CNC(=O)c1cc(NC)nc(C(C)(C)C)c1. The average Bonchev–Trinajstić information content (AvgIpc) is 2.26. The van der Waals surface area contributed by atoms with Gasteiger partial charge < -0.3 is 10.6 Å². The van der Waals surface area contributed by atoms with Gasteiger partial charge in [-0.25, -0.2) is 4.98 Å². The van der Waals surface area contributed by atoms with E-state index in [2.05, 4.69) is 36.4 Å². The van der Waals surface area contributed by atoms with Gasteiger partial charge in [0, 0.05) is 30.8 Å². The zero-order valence-electron chi connectivity index (χ0n) is 10.5. The van der Waals surface area contributed by atoms with Crippen molar-refractivity contribution in [1.29, 1.82) is 0 Å². The summed E-state index contributed by atoms with van der Waals surface area (Å²) < 4.78 is 0. The number of anilines is 1. The molecule has 0 aliphatic rings. The summed E-state index contributed by atoms with van der Waals surface area (Å²) in [6, 6.07) is 3.58. The zero-order valence-corrected chi connectivity index (χ0v) is 10.5. The Bertz CT molecular complexity index is 394. The van der Waals surface area contributed by atoms with E-state index in [-0.39, 0.29) is 11.3 Å². The Morgan fingerprint density at radius 1 is 1.25 bits per heavy atom. The standard InChI is InChI=1S/C12H19N3O/c1-12(2,3)9-6-8(11(16)14-5)7-10(13-4)15-9/h6-7H,1-5H3,(H,13,15)(H,14,16). The smallest absolute Gasteiger partial charge is 0.251 e. The van der Waals surface area contributed by atoms with E-state index in [1.807, 2.05) is 6.07 Å². The van der Waals surface area contributed by atoms with Gasteiger partial charge in [-0.2, -0.15) is 0 Å². The van der Waals surface area contributed by atoms with E-state index in [1.54, 1.807) is 20.2 Å². The molecule has 0 aliphatic heterocycles. The van der Waals surface area contributed by atoms with Crippen molar-refractivity contribution in [2.24, 2.45) is 0 Å². The van der Waals surface area contributed by atoms with Crippen LogP contribution in [0, 0.1) is 0 Å². The lowest BCUT2D eigenvalue weighted by Gasteiger charge is -2.19. The molecule has 1 rings (SSSR count). The first-order valence-electron chi connectivity index (χ1n) is 5.31. The highest BCUT2D eigenvalue weighted by Crippen LogP contribution is 2.23. The van der Waals surface area contributed by atoms with Gasteiger partial charge in [-0.1, -0.05) is 20.8 Å². The van der Waals surface area contributed by atoms with Crippen molar-refractivity contribution < 1.29 is 4.79 Å². The molecule has 0 aromatic carbocycles. The predicted molar refractivity (Wildman–Crippen MR) is 65.9 cm³/mol. The van der Waals surface area contributed by atoms with Gasteiger partial charge in [0.05, 0.1) is 0 Å². The highest BCUT2D eigenvalue weighted by Gasteiger charge is 2.18. The maximum atomic E-state index is 11.6. The third-order valence-corrected chi connectivity index (χ3v) is 2.34. The fraction of sp³-hybridized carbons (Fsp3) is 0.500. The Kier molecular flexibility index (Phi) is 3.52. The third kappa shape index (κ3) is 2.72. The fourth-order valence-corrected chi connectivity index (χ4v) is 1.32. The second kappa shape index (κ2) is 4.51. The molecule has 0 aliphatic carbocycles. The lowest BCUT2D eigenvalue weighted by atomic mass is 9.90. The molecule has 0 fully saturated rings. The molecule has 0 saturated carbocycles. The zero-order chi connectivity index (χ0) is 12.3. The highest BCUT2D eigenvalue weighted by atomic mass is 16.1. The molecule has 0 unspecified atom stereocenters. The largest absolute Gasteiger partial charge is 0.373 e. The molecule has 88 valence electrons. The number of aromatic nitrogens is 1. The van der Waals surface area contributed by atoms with Crippen LogP contribution in [-0.2, 0) is 5.41 Å². The van der Waals surface area contributed by atoms with Crippen LogP contribution in [0.25, 0.3) is 0 Å². The average molecular weight is 221 g/mol. The number of hydrogen-bond acceptors (Lipinski definition) is 3. The molecular weight excluding hydrogens is 202 g/mol. The lowest BCUT2D eigenvalue weighted by Crippen LogP contribution is -2.21. The van der Waals surface area contributed by atoms with E-state index >= 15 is 0 Å². The second-order valence-corrected chi connectivity index (χ2v) is 4.71. The normalized spacial score (nSPS) is 11.1. The first kappa shape index (κ1) is 12.5. The summed E-state index contributed by atoms with van der Waals surface area (Å²) in [6.07, 6.45) is 0. The van der Waals surface area contributed by atoms with Gasteiger partial charge in [0.2, 0.25) is 0 Å². The van der Waals surface area contributed by atoms with E-state index in [1.165, 1.54) is 0 Å². The topological polar surface area (TPSA) is 54.0 Å². The number of pyridine rings is 1. The molecule has 1 aromatic rings. The van der Waals surface area contributed by atoms with Gasteiger partial charge in [-0.3, -0.25) is 4.79 Å². The second-order valence-electron chi connectivity index (χ2n) is 4.71. The Labute approximate surface area is 96.5 Å². The summed E-state index contributed by atoms with van der Waals surface area (Å²) in [5.74, 6) is 0.621. The first-order chi connectivity index (χ1) is 7.38. The van der Waals surface area contributed by atoms with Crippen LogP contribution in [0.4, 0.5) is 5.82 Å². The third-order valence-electron chi connectivity index (χ3n) is 2.34. The predicted octanol–water partition coefficient (Wildman–Crippen LogP) is 1.78. The first-order valence-corrected chi connectivity index (χ1v) is 5.31. The number of rotatable bonds is 2. The van der Waals surface area contributed by atoms with Crippen molar-refractivity contribution in [2.45, 2.75) is 26.2 Å². The number of nitrogens with one attached hydrogen (secondary N) is 2. The number of nitrogens with zero attached hydrogens (tertiary/aromatic N) is 1. The number of hydrogen-bond donors (Lipinski definition) is 2. The molecule has 1 amide bonds. The summed E-state index contributed by atoms with van der Waals surface area (Å²) in [7, 11) is 3.42. The minimum absolute atomic E-state index is 0.0738. The number of carbonyl (C=O) groups is 1. The summed E-state index contributed by atoms with van der Waals surface area (Å²) in [4.78, 5) is 16.0. The summed E-state index contributed by atoms with van der Waals surface area (Å²) in [6.45, 7) is 6.22. The van der Waals surface area contributed by atoms with Crippen LogP contribution in [0.1, 0.15) is 36.8 Å². The van der Waals surface area contributed by atoms with Crippen molar-refractivity contribution in [3.63, 3.8) is 0 Å². The van der Waals surface area contributed by atoms with E-state index in [9.17, 15) is 4.79 Å². The Balaban J connectivity index is 3.27. The van der Waals surface area contributed by atoms with Crippen LogP contribution in [-0.4, -0.2) is 25.0 Å². The fourth-order valence-electron chi connectivity index (χ4n) is 1.32. The van der Waals surface area contributed by atoms with Gasteiger partial charge in [0.1, 0.15) is 5.82 Å². The molecule has 0 radical (unpaired) electrons.